The van der Waals surface area contributed by atoms with E-state index < -0.39 is 58.9 Å². The highest BCUT2D eigenvalue weighted by molar-refractivity contribution is 6.31. The fourth-order valence-corrected chi connectivity index (χ4v) is 12.4. The monoisotopic (exact) mass is 1210 g/mol. The third-order valence-corrected chi connectivity index (χ3v) is 16.2. The van der Waals surface area contributed by atoms with Crippen LogP contribution in [0.5, 0.6) is 0 Å². The minimum Gasteiger partial charge on any atom is -0.478 e. The number of carboxylic acid groups (broad SMARTS) is 2. The van der Waals surface area contributed by atoms with Gasteiger partial charge in [-0.25, -0.2) is 9.59 Å². The molecule has 448 valence electrons. The number of halogens is 9. The van der Waals surface area contributed by atoms with Gasteiger partial charge in [-0.15, -0.1) is 12.4 Å². The van der Waals surface area contributed by atoms with E-state index in [4.69, 9.17) is 23.2 Å². The van der Waals surface area contributed by atoms with Crippen molar-refractivity contribution in [2.45, 2.75) is 77.8 Å². The third-order valence-electron chi connectivity index (χ3n) is 15.8. The first-order valence-corrected chi connectivity index (χ1v) is 28.8. The standard InChI is InChI=1S/2C30H35ClF3N5O2.ClH/c2*1-20(2)18-36-12-14-37(15-13-36)23-8-5-21(6-9-23)25-10-7-22(31)16-27(25)38-11-3-4-24(19-38)39-28(30(32,33)34)26(17-35-39)29(40)41;/h2*5-10,16-17,20,24H,3-4,11-15,18-19H2,1-2H3,(H,40,41);1H. The molecule has 2 aromatic heterocycles. The van der Waals surface area contributed by atoms with Crippen LogP contribution >= 0.6 is 35.6 Å². The first-order chi connectivity index (χ1) is 39.0. The van der Waals surface area contributed by atoms with Crippen molar-refractivity contribution in [2.75, 3.05) is 111 Å². The highest BCUT2D eigenvalue weighted by Gasteiger charge is 2.44. The summed E-state index contributed by atoms with van der Waals surface area (Å²) in [7, 11) is 0. The van der Waals surface area contributed by atoms with E-state index in [1.54, 1.807) is 0 Å². The molecule has 10 rings (SSSR count). The van der Waals surface area contributed by atoms with Crippen LogP contribution in [0.1, 0.15) is 97.6 Å². The zero-order valence-corrected chi connectivity index (χ0v) is 49.2. The number of alkyl halides is 6. The van der Waals surface area contributed by atoms with Crippen LogP contribution in [0, 0.1) is 11.8 Å². The molecule has 0 radical (unpaired) electrons. The Hall–Kier alpha value is -6.19. The van der Waals surface area contributed by atoms with Crippen molar-refractivity contribution in [3.05, 3.63) is 130 Å². The van der Waals surface area contributed by atoms with Gasteiger partial charge in [0.05, 0.1) is 24.5 Å². The summed E-state index contributed by atoms with van der Waals surface area (Å²) in [6, 6.07) is 26.7. The Bertz CT molecular complexity index is 2950. The second kappa shape index (κ2) is 26.8. The summed E-state index contributed by atoms with van der Waals surface area (Å²) in [5, 5.41) is 27.5. The maximum atomic E-state index is 13.9. The largest absolute Gasteiger partial charge is 0.478 e. The van der Waals surface area contributed by atoms with Crippen LogP contribution in [0.4, 0.5) is 49.1 Å². The summed E-state index contributed by atoms with van der Waals surface area (Å²) in [4.78, 5) is 36.8. The molecular formula is C60H71Cl3F6N10O4. The van der Waals surface area contributed by atoms with Gasteiger partial charge in [-0.3, -0.25) is 19.2 Å². The Balaban J connectivity index is 0.000000214. The summed E-state index contributed by atoms with van der Waals surface area (Å²) >= 11 is 12.8. The molecule has 23 heteroatoms. The normalized spacial score (nSPS) is 18.5. The molecule has 4 aromatic carbocycles. The van der Waals surface area contributed by atoms with Gasteiger partial charge in [0.1, 0.15) is 11.1 Å². The van der Waals surface area contributed by atoms with Gasteiger partial charge in [-0.1, -0.05) is 87.3 Å². The van der Waals surface area contributed by atoms with Crippen molar-refractivity contribution in [1.82, 2.24) is 29.4 Å². The second-order valence-corrected chi connectivity index (χ2v) is 23.4. The summed E-state index contributed by atoms with van der Waals surface area (Å²) in [6.07, 6.45) is -5.94. The van der Waals surface area contributed by atoms with Gasteiger partial charge in [0.2, 0.25) is 0 Å². The Kier molecular flexibility index (Phi) is 20.3. The number of nitrogens with zero attached hydrogens (tertiary/aromatic N) is 10. The Labute approximate surface area is 496 Å². The lowest BCUT2D eigenvalue weighted by molar-refractivity contribution is -0.146. The Morgan fingerprint density at radius 1 is 0.530 bits per heavy atom. The molecule has 2 N–H and O–H groups in total. The molecule has 4 aliphatic heterocycles. The summed E-state index contributed by atoms with van der Waals surface area (Å²) < 4.78 is 85.0. The highest BCUT2D eigenvalue weighted by Crippen LogP contribution is 2.42. The number of hydrogen-bond acceptors (Lipinski definition) is 10. The number of rotatable bonds is 14. The number of carboxylic acids is 2. The molecule has 4 aliphatic rings. The molecule has 0 bridgehead atoms. The Morgan fingerprint density at radius 3 is 1.19 bits per heavy atom. The van der Waals surface area contributed by atoms with Crippen LogP contribution in [0.2, 0.25) is 10.0 Å². The molecule has 2 atom stereocenters. The first-order valence-electron chi connectivity index (χ1n) is 28.0. The van der Waals surface area contributed by atoms with Crippen molar-refractivity contribution in [2.24, 2.45) is 11.8 Å². The van der Waals surface area contributed by atoms with E-state index in [1.165, 1.54) is 11.4 Å². The number of aromatic carboxylic acids is 2. The van der Waals surface area contributed by atoms with Crippen molar-refractivity contribution in [3.63, 3.8) is 0 Å². The van der Waals surface area contributed by atoms with E-state index in [2.05, 4.69) is 106 Å². The topological polar surface area (TPSA) is 130 Å². The molecule has 14 nitrogen and oxygen atoms in total. The molecule has 2 unspecified atom stereocenters. The quantitative estimate of drug-likeness (QED) is 0.101. The van der Waals surface area contributed by atoms with Crippen LogP contribution < -0.4 is 19.6 Å². The lowest BCUT2D eigenvalue weighted by Gasteiger charge is -2.37. The van der Waals surface area contributed by atoms with Crippen LogP contribution in [-0.2, 0) is 12.4 Å². The van der Waals surface area contributed by atoms with Gasteiger partial charge in [-0.2, -0.15) is 36.5 Å². The van der Waals surface area contributed by atoms with Gasteiger partial charge in [0.15, 0.2) is 11.4 Å². The molecular weight excluding hydrogens is 1150 g/mol. The van der Waals surface area contributed by atoms with E-state index in [0.29, 0.717) is 60.7 Å². The number of aromatic nitrogens is 4. The smallest absolute Gasteiger partial charge is 0.433 e. The maximum absolute atomic E-state index is 13.9. The van der Waals surface area contributed by atoms with Crippen LogP contribution in [0.15, 0.2) is 97.3 Å². The van der Waals surface area contributed by atoms with Crippen molar-refractivity contribution in [3.8, 4) is 22.3 Å². The average Bonchev–Trinajstić information content (AvgIpc) is 3.48. The van der Waals surface area contributed by atoms with Crippen molar-refractivity contribution < 1.29 is 46.1 Å². The van der Waals surface area contributed by atoms with Gasteiger partial charge in [0, 0.05) is 136 Å². The second-order valence-electron chi connectivity index (χ2n) is 22.6. The molecule has 0 amide bonds. The lowest BCUT2D eigenvalue weighted by Crippen LogP contribution is -2.47. The number of anilines is 4. The van der Waals surface area contributed by atoms with E-state index in [0.717, 1.165) is 121 Å². The van der Waals surface area contributed by atoms with E-state index >= 15 is 0 Å². The van der Waals surface area contributed by atoms with Gasteiger partial charge in [-0.05, 0) is 97.2 Å². The number of piperazine rings is 2. The molecule has 0 aliphatic carbocycles. The van der Waals surface area contributed by atoms with E-state index in [-0.39, 0.29) is 25.5 Å². The fraction of sp³-hybridized carbons (Fsp3) is 0.467. The minimum atomic E-state index is -4.84. The fourth-order valence-electron chi connectivity index (χ4n) is 12.0. The van der Waals surface area contributed by atoms with Gasteiger partial charge >= 0.3 is 24.3 Å². The molecule has 0 saturated carbocycles. The van der Waals surface area contributed by atoms with Crippen molar-refractivity contribution >= 4 is 70.3 Å². The predicted molar refractivity (Wildman–Crippen MR) is 317 cm³/mol. The molecule has 83 heavy (non-hydrogen) atoms. The summed E-state index contributed by atoms with van der Waals surface area (Å²) in [5.41, 5.74) is 3.74. The van der Waals surface area contributed by atoms with Crippen LogP contribution in [0.3, 0.4) is 0 Å². The van der Waals surface area contributed by atoms with E-state index in [1.807, 2.05) is 46.2 Å². The Morgan fingerprint density at radius 2 is 0.880 bits per heavy atom. The molecule has 4 saturated heterocycles. The molecule has 0 spiro atoms. The summed E-state index contributed by atoms with van der Waals surface area (Å²) in [5.74, 6) is -1.99. The highest BCUT2D eigenvalue weighted by atomic mass is 35.5. The third kappa shape index (κ3) is 15.0. The zero-order valence-electron chi connectivity index (χ0n) is 46.9. The SMILES string of the molecule is CC(C)CN1CCN(c2ccc(-c3ccc(Cl)cc3N3CCCC(n4ncc(C(=O)O)c4C(F)(F)F)C3)cc2)CC1.CC(C)CN1CCN(c2ccc(-c3ccc(Cl)cc3N3CCCC(n4ncc(C(=O)O)c4C(F)(F)F)C3)cc2)CC1.Cl. The number of carbonyl (C=O) groups is 2. The van der Waals surface area contributed by atoms with Crippen molar-refractivity contribution in [1.29, 1.82) is 0 Å². The lowest BCUT2D eigenvalue weighted by atomic mass is 9.99. The number of benzene rings is 4. The van der Waals surface area contributed by atoms with E-state index in [9.17, 15) is 46.1 Å². The minimum absolute atomic E-state index is 0. The zero-order chi connectivity index (χ0) is 58.6. The first kappa shape index (κ1) is 62.8. The van der Waals surface area contributed by atoms with Gasteiger partial charge in [0.25, 0.3) is 0 Å². The van der Waals surface area contributed by atoms with Crippen LogP contribution in [0.25, 0.3) is 22.3 Å². The molecule has 4 fully saturated rings. The molecule has 6 heterocycles. The number of piperidine rings is 2. The molecule has 6 aromatic rings. The van der Waals surface area contributed by atoms with Gasteiger partial charge < -0.3 is 29.8 Å². The van der Waals surface area contributed by atoms with Crippen LogP contribution in [-0.4, -0.2) is 143 Å². The number of hydrogen-bond donors (Lipinski definition) is 2. The average molecular weight is 1220 g/mol. The predicted octanol–water partition coefficient (Wildman–Crippen LogP) is 13.5. The summed E-state index contributed by atoms with van der Waals surface area (Å²) in [6.45, 7) is 21.0. The maximum Gasteiger partial charge on any atom is 0.433 e.